The molecule has 1 aromatic carbocycles. The maximum absolute atomic E-state index is 9.67. The van der Waals surface area contributed by atoms with Crippen molar-refractivity contribution in [1.82, 2.24) is 0 Å². The number of benzene rings is 1. The van der Waals surface area contributed by atoms with Gasteiger partial charge in [-0.3, -0.25) is 0 Å². The van der Waals surface area contributed by atoms with Crippen molar-refractivity contribution in [3.05, 3.63) is 33.8 Å². The van der Waals surface area contributed by atoms with Crippen molar-refractivity contribution in [2.24, 2.45) is 0 Å². The molecular formula is C12H12Cl2O. The van der Waals surface area contributed by atoms with Crippen molar-refractivity contribution in [3.8, 4) is 12.3 Å². The molecule has 0 aliphatic carbocycles. The van der Waals surface area contributed by atoms with Crippen LogP contribution in [0.5, 0.6) is 0 Å². The summed E-state index contributed by atoms with van der Waals surface area (Å²) in [7, 11) is 0. The molecule has 0 radical (unpaired) electrons. The number of hydrogen-bond donors (Lipinski definition) is 1. The van der Waals surface area contributed by atoms with Gasteiger partial charge in [0.05, 0.1) is 6.10 Å². The Morgan fingerprint density at radius 3 is 2.47 bits per heavy atom. The highest BCUT2D eigenvalue weighted by Gasteiger charge is 2.10. The lowest BCUT2D eigenvalue weighted by Gasteiger charge is -2.11. The zero-order chi connectivity index (χ0) is 11.3. The summed E-state index contributed by atoms with van der Waals surface area (Å²) in [5, 5.41) is 10.8. The molecule has 0 fully saturated rings. The van der Waals surface area contributed by atoms with Crippen molar-refractivity contribution in [3.63, 3.8) is 0 Å². The van der Waals surface area contributed by atoms with Gasteiger partial charge in [-0.1, -0.05) is 29.3 Å². The van der Waals surface area contributed by atoms with Gasteiger partial charge < -0.3 is 5.11 Å². The van der Waals surface area contributed by atoms with Crippen LogP contribution in [0, 0.1) is 12.3 Å². The molecule has 0 aliphatic rings. The first-order valence-electron chi connectivity index (χ1n) is 4.69. The van der Waals surface area contributed by atoms with E-state index in [4.69, 9.17) is 29.6 Å². The number of aliphatic hydroxyl groups excluding tert-OH is 1. The van der Waals surface area contributed by atoms with Crippen LogP contribution in [0.4, 0.5) is 0 Å². The molecule has 0 spiro atoms. The minimum absolute atomic E-state index is 0.445. The van der Waals surface area contributed by atoms with Gasteiger partial charge >= 0.3 is 0 Å². The molecule has 0 bridgehead atoms. The summed E-state index contributed by atoms with van der Waals surface area (Å²) in [6.07, 6.45) is 6.20. The van der Waals surface area contributed by atoms with Crippen molar-refractivity contribution < 1.29 is 5.11 Å². The van der Waals surface area contributed by atoms with Gasteiger partial charge in [0.15, 0.2) is 0 Å². The molecule has 80 valence electrons. The SMILES string of the molecule is C#CCCC(O)Cc1c(Cl)cccc1Cl. The second kappa shape index (κ2) is 6.02. The summed E-state index contributed by atoms with van der Waals surface area (Å²) in [6, 6.07) is 5.30. The molecule has 0 amide bonds. The fraction of sp³-hybridized carbons (Fsp3) is 0.333. The number of halogens is 2. The van der Waals surface area contributed by atoms with Crippen LogP contribution >= 0.6 is 23.2 Å². The predicted molar refractivity (Wildman–Crippen MR) is 64.2 cm³/mol. The van der Waals surface area contributed by atoms with Crippen LogP contribution < -0.4 is 0 Å². The van der Waals surface area contributed by atoms with E-state index in [1.807, 2.05) is 0 Å². The van der Waals surface area contributed by atoms with Crippen molar-refractivity contribution >= 4 is 23.2 Å². The average molecular weight is 243 g/mol. The summed E-state index contributed by atoms with van der Waals surface area (Å²) in [6.45, 7) is 0. The second-order valence-corrected chi connectivity index (χ2v) is 4.12. The van der Waals surface area contributed by atoms with Crippen LogP contribution in [0.25, 0.3) is 0 Å². The van der Waals surface area contributed by atoms with Crippen molar-refractivity contribution in [2.75, 3.05) is 0 Å². The molecular weight excluding hydrogens is 231 g/mol. The van der Waals surface area contributed by atoms with E-state index in [1.165, 1.54) is 0 Å². The monoisotopic (exact) mass is 242 g/mol. The lowest BCUT2D eigenvalue weighted by Crippen LogP contribution is -2.10. The third-order valence-electron chi connectivity index (χ3n) is 2.12. The molecule has 1 unspecified atom stereocenters. The Balaban J connectivity index is 2.68. The molecule has 0 saturated heterocycles. The summed E-state index contributed by atoms with van der Waals surface area (Å²) < 4.78 is 0. The zero-order valence-corrected chi connectivity index (χ0v) is 9.72. The van der Waals surface area contributed by atoms with E-state index in [1.54, 1.807) is 18.2 Å². The molecule has 15 heavy (non-hydrogen) atoms. The Morgan fingerprint density at radius 1 is 1.33 bits per heavy atom. The molecule has 3 heteroatoms. The molecule has 1 N–H and O–H groups in total. The van der Waals surface area contributed by atoms with Crippen molar-refractivity contribution in [1.29, 1.82) is 0 Å². The molecule has 0 aliphatic heterocycles. The molecule has 1 nitrogen and oxygen atoms in total. The third-order valence-corrected chi connectivity index (χ3v) is 2.83. The highest BCUT2D eigenvalue weighted by molar-refractivity contribution is 6.35. The van der Waals surface area contributed by atoms with Crippen LogP contribution in [0.3, 0.4) is 0 Å². The van der Waals surface area contributed by atoms with Crippen LogP contribution in [0.1, 0.15) is 18.4 Å². The van der Waals surface area contributed by atoms with Crippen LogP contribution in [0.2, 0.25) is 10.0 Å². The first kappa shape index (κ1) is 12.4. The molecule has 1 aromatic rings. The number of terminal acetylenes is 1. The van der Waals surface area contributed by atoms with Gasteiger partial charge in [-0.25, -0.2) is 0 Å². The van der Waals surface area contributed by atoms with E-state index < -0.39 is 6.10 Å². The quantitative estimate of drug-likeness (QED) is 0.804. The first-order valence-corrected chi connectivity index (χ1v) is 5.45. The Morgan fingerprint density at radius 2 is 1.93 bits per heavy atom. The van der Waals surface area contributed by atoms with Gasteiger partial charge in [0, 0.05) is 22.9 Å². The Kier molecular flexibility index (Phi) is 4.98. The van der Waals surface area contributed by atoms with Crippen LogP contribution in [-0.4, -0.2) is 11.2 Å². The number of hydrogen-bond acceptors (Lipinski definition) is 1. The average Bonchev–Trinajstić information content (AvgIpc) is 2.21. The van der Waals surface area contributed by atoms with Gasteiger partial charge in [0.1, 0.15) is 0 Å². The summed E-state index contributed by atoms with van der Waals surface area (Å²) in [5.74, 6) is 2.49. The highest BCUT2D eigenvalue weighted by atomic mass is 35.5. The minimum atomic E-state index is -0.488. The Hall–Kier alpha value is -0.680. The predicted octanol–water partition coefficient (Wildman–Crippen LogP) is 3.31. The van der Waals surface area contributed by atoms with E-state index in [9.17, 15) is 5.11 Å². The lowest BCUT2D eigenvalue weighted by molar-refractivity contribution is 0.167. The first-order chi connectivity index (χ1) is 7.15. The minimum Gasteiger partial charge on any atom is -0.393 e. The van der Waals surface area contributed by atoms with E-state index >= 15 is 0 Å². The Bertz CT molecular complexity index is 348. The highest BCUT2D eigenvalue weighted by Crippen LogP contribution is 2.26. The maximum atomic E-state index is 9.67. The van der Waals surface area contributed by atoms with E-state index in [0.29, 0.717) is 29.3 Å². The van der Waals surface area contributed by atoms with Gasteiger partial charge in [-0.15, -0.1) is 12.3 Å². The number of aliphatic hydroxyl groups is 1. The van der Waals surface area contributed by atoms with Gasteiger partial charge in [-0.05, 0) is 24.1 Å². The van der Waals surface area contributed by atoms with Gasteiger partial charge in [0.25, 0.3) is 0 Å². The normalized spacial score (nSPS) is 12.1. The van der Waals surface area contributed by atoms with E-state index in [-0.39, 0.29) is 0 Å². The second-order valence-electron chi connectivity index (χ2n) is 3.30. The fourth-order valence-corrected chi connectivity index (χ4v) is 1.87. The van der Waals surface area contributed by atoms with Crippen LogP contribution in [0.15, 0.2) is 18.2 Å². The lowest BCUT2D eigenvalue weighted by atomic mass is 10.0. The zero-order valence-electron chi connectivity index (χ0n) is 8.21. The maximum Gasteiger partial charge on any atom is 0.0590 e. The third kappa shape index (κ3) is 3.76. The molecule has 1 atom stereocenters. The van der Waals surface area contributed by atoms with E-state index in [0.717, 1.165) is 5.56 Å². The molecule has 0 aromatic heterocycles. The van der Waals surface area contributed by atoms with Crippen LogP contribution in [-0.2, 0) is 6.42 Å². The number of rotatable bonds is 4. The molecule has 0 saturated carbocycles. The molecule has 0 heterocycles. The summed E-state index contributed by atoms with van der Waals surface area (Å²) >= 11 is 11.9. The largest absolute Gasteiger partial charge is 0.393 e. The summed E-state index contributed by atoms with van der Waals surface area (Å²) in [4.78, 5) is 0. The fourth-order valence-electron chi connectivity index (χ4n) is 1.31. The van der Waals surface area contributed by atoms with E-state index in [2.05, 4.69) is 5.92 Å². The smallest absolute Gasteiger partial charge is 0.0590 e. The molecule has 1 rings (SSSR count). The summed E-state index contributed by atoms with van der Waals surface area (Å²) in [5.41, 5.74) is 0.783. The van der Waals surface area contributed by atoms with Gasteiger partial charge in [-0.2, -0.15) is 0 Å². The standard InChI is InChI=1S/C12H12Cl2O/c1-2-3-5-9(15)8-10-11(13)6-4-7-12(10)14/h1,4,6-7,9,15H,3,5,8H2. The van der Waals surface area contributed by atoms with Gasteiger partial charge in [0.2, 0.25) is 0 Å². The topological polar surface area (TPSA) is 20.2 Å². The Labute approximate surface area is 100 Å². The van der Waals surface area contributed by atoms with Crippen molar-refractivity contribution in [2.45, 2.75) is 25.4 Å².